The second-order valence-electron chi connectivity index (χ2n) is 17.0. The number of hydrogen-bond acceptors (Lipinski definition) is 11. The molecule has 0 heterocycles. The first-order valence-electron chi connectivity index (χ1n) is 25.8. The minimum absolute atomic E-state index is 0.0216. The maximum atomic E-state index is 12.6. The van der Waals surface area contributed by atoms with Gasteiger partial charge in [-0.05, 0) is 77.3 Å². The molecule has 0 aliphatic heterocycles. The van der Waals surface area contributed by atoms with Crippen LogP contribution in [0, 0.1) is 0 Å². The first-order chi connectivity index (χ1) is 30.1. The fourth-order valence-electron chi connectivity index (χ4n) is 7.38. The third-order valence-corrected chi connectivity index (χ3v) is 11.2. The molecule has 0 spiro atoms. The molecule has 1 N–H and O–H groups in total. The SMILES string of the molecule is CCCCCCCCCCCOC(=O)OCCCCCN(CCCCCCCOC(=O)OC(CCCCCCCC)CCCCCCCC)CCOCCOCCOCCO. The molecule has 0 amide bonds. The van der Waals surface area contributed by atoms with Crippen molar-refractivity contribution in [3.8, 4) is 0 Å². The summed E-state index contributed by atoms with van der Waals surface area (Å²) in [6.45, 7) is 13.8. The van der Waals surface area contributed by atoms with Crippen LogP contribution in [0.5, 0.6) is 0 Å². The Morgan fingerprint density at radius 1 is 0.377 bits per heavy atom. The Kier molecular flexibility index (Phi) is 49.6. The van der Waals surface area contributed by atoms with E-state index in [1.54, 1.807) is 0 Å². The van der Waals surface area contributed by atoms with Crippen LogP contribution in [0.3, 0.4) is 0 Å². The minimum atomic E-state index is -0.544. The molecule has 0 atom stereocenters. The van der Waals surface area contributed by atoms with Crippen LogP contribution >= 0.6 is 0 Å². The van der Waals surface area contributed by atoms with Crippen LogP contribution in [-0.2, 0) is 33.2 Å². The molecule has 0 bridgehead atoms. The zero-order valence-corrected chi connectivity index (χ0v) is 40.3. The maximum absolute atomic E-state index is 12.6. The van der Waals surface area contributed by atoms with E-state index >= 15 is 0 Å². The van der Waals surface area contributed by atoms with Gasteiger partial charge in [0.05, 0.1) is 66.1 Å². The predicted octanol–water partition coefficient (Wildman–Crippen LogP) is 13.2. The lowest BCUT2D eigenvalue weighted by atomic mass is 10.0. The van der Waals surface area contributed by atoms with Crippen molar-refractivity contribution < 1.29 is 47.9 Å². The molecule has 0 radical (unpaired) electrons. The molecule has 0 unspecified atom stereocenters. The third kappa shape index (κ3) is 47.7. The van der Waals surface area contributed by atoms with Crippen molar-refractivity contribution in [1.82, 2.24) is 4.90 Å². The van der Waals surface area contributed by atoms with Crippen LogP contribution in [0.1, 0.15) is 220 Å². The van der Waals surface area contributed by atoms with Crippen LogP contribution in [0.2, 0.25) is 0 Å². The van der Waals surface area contributed by atoms with Gasteiger partial charge in [0, 0.05) is 6.54 Å². The maximum Gasteiger partial charge on any atom is 0.508 e. The number of ether oxygens (including phenoxy) is 7. The van der Waals surface area contributed by atoms with Crippen LogP contribution in [0.4, 0.5) is 9.59 Å². The highest BCUT2D eigenvalue weighted by Crippen LogP contribution is 2.18. The van der Waals surface area contributed by atoms with Gasteiger partial charge in [-0.2, -0.15) is 0 Å². The topological polar surface area (TPSA) is 122 Å². The first kappa shape index (κ1) is 59.3. The highest BCUT2D eigenvalue weighted by Gasteiger charge is 2.15. The van der Waals surface area contributed by atoms with Crippen molar-refractivity contribution in [2.75, 3.05) is 85.7 Å². The van der Waals surface area contributed by atoms with Crippen LogP contribution < -0.4 is 0 Å². The van der Waals surface area contributed by atoms with E-state index in [4.69, 9.17) is 38.3 Å². The van der Waals surface area contributed by atoms with E-state index in [1.165, 1.54) is 109 Å². The van der Waals surface area contributed by atoms with Gasteiger partial charge < -0.3 is 43.2 Å². The number of hydrogen-bond donors (Lipinski definition) is 1. The monoisotopic (exact) mass is 874 g/mol. The van der Waals surface area contributed by atoms with E-state index < -0.39 is 12.3 Å². The second kappa shape index (κ2) is 51.0. The molecule has 0 aromatic carbocycles. The smallest absolute Gasteiger partial charge is 0.434 e. The minimum Gasteiger partial charge on any atom is -0.434 e. The average Bonchev–Trinajstić information content (AvgIpc) is 3.26. The van der Waals surface area contributed by atoms with Crippen molar-refractivity contribution in [1.29, 1.82) is 0 Å². The lowest BCUT2D eigenvalue weighted by Gasteiger charge is -2.22. The molecular formula is C50H99NO10. The molecule has 0 aliphatic carbocycles. The molecule has 0 aromatic rings. The molecule has 0 aliphatic rings. The standard InChI is InChI=1S/C50H99NO10/c1-4-7-10-13-16-17-18-23-30-39-58-49(53)59-40-32-25-29-36-51(37-42-55-44-46-57-47-45-56-43-38-52)35-28-22-19-24-31-41-60-50(54)61-48(33-26-20-14-11-8-5-2)34-27-21-15-12-9-6-3/h48,52H,4-47H2,1-3H3. The normalized spacial score (nSPS) is 11.5. The summed E-state index contributed by atoms with van der Waals surface area (Å²) in [5.41, 5.74) is 0. The molecule has 0 aromatic heterocycles. The van der Waals surface area contributed by atoms with Crippen LogP contribution in [0.15, 0.2) is 0 Å². The fraction of sp³-hybridized carbons (Fsp3) is 0.960. The predicted molar refractivity (Wildman–Crippen MR) is 250 cm³/mol. The Morgan fingerprint density at radius 2 is 0.721 bits per heavy atom. The van der Waals surface area contributed by atoms with Crippen LogP contribution in [-0.4, -0.2) is 114 Å². The summed E-state index contributed by atoms with van der Waals surface area (Å²) in [5.74, 6) is 0. The highest BCUT2D eigenvalue weighted by molar-refractivity contribution is 5.60. The van der Waals surface area contributed by atoms with Crippen molar-refractivity contribution in [3.05, 3.63) is 0 Å². The number of unbranched alkanes of at least 4 members (excludes halogenated alkanes) is 24. The zero-order chi connectivity index (χ0) is 44.4. The van der Waals surface area contributed by atoms with Gasteiger partial charge in [0.2, 0.25) is 0 Å². The van der Waals surface area contributed by atoms with Crippen molar-refractivity contribution in [2.24, 2.45) is 0 Å². The van der Waals surface area contributed by atoms with Crippen molar-refractivity contribution in [2.45, 2.75) is 226 Å². The van der Waals surface area contributed by atoms with Gasteiger partial charge in [-0.3, -0.25) is 0 Å². The van der Waals surface area contributed by atoms with E-state index in [9.17, 15) is 9.59 Å². The zero-order valence-electron chi connectivity index (χ0n) is 40.3. The number of carbonyl (C=O) groups excluding carboxylic acids is 2. The molecule has 0 saturated heterocycles. The van der Waals surface area contributed by atoms with Gasteiger partial charge in [-0.1, -0.05) is 156 Å². The summed E-state index contributed by atoms with van der Waals surface area (Å²) in [6.07, 6.45) is 34.9. The Morgan fingerprint density at radius 3 is 1.16 bits per heavy atom. The number of aliphatic hydroxyl groups is 1. The van der Waals surface area contributed by atoms with E-state index in [0.29, 0.717) is 59.5 Å². The summed E-state index contributed by atoms with van der Waals surface area (Å²) in [4.78, 5) is 27.1. The van der Waals surface area contributed by atoms with E-state index in [1.807, 2.05) is 0 Å². The molecule has 0 fully saturated rings. The third-order valence-electron chi connectivity index (χ3n) is 11.2. The number of carbonyl (C=O) groups is 2. The summed E-state index contributed by atoms with van der Waals surface area (Å²) in [5, 5.41) is 8.79. The Balaban J connectivity index is 4.35. The summed E-state index contributed by atoms with van der Waals surface area (Å²) in [7, 11) is 0. The lowest BCUT2D eigenvalue weighted by molar-refractivity contribution is 0.00447. The number of aliphatic hydroxyl groups excluding tert-OH is 1. The average molecular weight is 874 g/mol. The molecule has 61 heavy (non-hydrogen) atoms. The first-order valence-corrected chi connectivity index (χ1v) is 25.8. The van der Waals surface area contributed by atoms with Gasteiger partial charge in [0.25, 0.3) is 0 Å². The molecule has 11 nitrogen and oxygen atoms in total. The van der Waals surface area contributed by atoms with Crippen molar-refractivity contribution >= 4 is 12.3 Å². The van der Waals surface area contributed by atoms with E-state index in [-0.39, 0.29) is 12.7 Å². The molecular weight excluding hydrogens is 775 g/mol. The van der Waals surface area contributed by atoms with Gasteiger partial charge in [-0.15, -0.1) is 0 Å². The summed E-state index contributed by atoms with van der Waals surface area (Å²) >= 11 is 0. The van der Waals surface area contributed by atoms with Crippen molar-refractivity contribution in [3.63, 3.8) is 0 Å². The summed E-state index contributed by atoms with van der Waals surface area (Å²) in [6, 6.07) is 0. The molecule has 0 rings (SSSR count). The quantitative estimate of drug-likeness (QED) is 0.0464. The number of rotatable bonds is 50. The Bertz CT molecular complexity index is 865. The van der Waals surface area contributed by atoms with Gasteiger partial charge in [0.1, 0.15) is 6.10 Å². The molecule has 364 valence electrons. The fourth-order valence-corrected chi connectivity index (χ4v) is 7.38. The van der Waals surface area contributed by atoms with Gasteiger partial charge >= 0.3 is 12.3 Å². The van der Waals surface area contributed by atoms with E-state index in [2.05, 4.69) is 25.7 Å². The highest BCUT2D eigenvalue weighted by atomic mass is 16.7. The largest absolute Gasteiger partial charge is 0.508 e. The van der Waals surface area contributed by atoms with E-state index in [0.717, 1.165) is 110 Å². The van der Waals surface area contributed by atoms with Gasteiger partial charge in [-0.25, -0.2) is 9.59 Å². The molecule has 11 heteroatoms. The molecule has 0 saturated carbocycles. The Labute approximate surface area is 375 Å². The summed E-state index contributed by atoms with van der Waals surface area (Å²) < 4.78 is 38.6. The lowest BCUT2D eigenvalue weighted by Crippen LogP contribution is -2.30. The van der Waals surface area contributed by atoms with Crippen LogP contribution in [0.25, 0.3) is 0 Å². The second-order valence-corrected chi connectivity index (χ2v) is 17.0. The van der Waals surface area contributed by atoms with Gasteiger partial charge in [0.15, 0.2) is 0 Å². The Hall–Kier alpha value is -1.66. The number of nitrogens with zero attached hydrogens (tertiary/aromatic N) is 1.